The van der Waals surface area contributed by atoms with Crippen molar-refractivity contribution in [3.05, 3.63) is 58.6 Å². The third kappa shape index (κ3) is 5.48. The predicted octanol–water partition coefficient (Wildman–Crippen LogP) is 5.79. The van der Waals surface area contributed by atoms with E-state index in [9.17, 15) is 4.79 Å². The quantitative estimate of drug-likeness (QED) is 0.272. The van der Waals surface area contributed by atoms with Crippen LogP contribution in [0.3, 0.4) is 0 Å². The Kier molecular flexibility index (Phi) is 7.65. The fourth-order valence-corrected chi connectivity index (χ4v) is 4.89. The van der Waals surface area contributed by atoms with Crippen molar-refractivity contribution < 1.29 is 14.3 Å². The van der Waals surface area contributed by atoms with Crippen LogP contribution in [0, 0.1) is 11.3 Å². The molecule has 10 heteroatoms. The molecule has 0 fully saturated rings. The SMILES string of the molecule is COc1cc(/C=C2/C(=N)N3N=C(C(C)C)SC3=NC2=O)ccc1OCCSc1ccc(Cl)cc1. The molecule has 0 saturated carbocycles. The van der Waals surface area contributed by atoms with Crippen LogP contribution in [0.1, 0.15) is 19.4 Å². The summed E-state index contributed by atoms with van der Waals surface area (Å²) in [6.07, 6.45) is 1.63. The first-order chi connectivity index (χ1) is 16.4. The number of amides is 1. The minimum atomic E-state index is -0.456. The van der Waals surface area contributed by atoms with Crippen molar-refractivity contribution in [2.24, 2.45) is 16.0 Å². The molecule has 0 unspecified atom stereocenters. The number of ether oxygens (including phenoxy) is 2. The Bertz CT molecular complexity index is 1210. The van der Waals surface area contributed by atoms with Gasteiger partial charge in [0.15, 0.2) is 17.3 Å². The highest BCUT2D eigenvalue weighted by atomic mass is 35.5. The summed E-state index contributed by atoms with van der Waals surface area (Å²) in [5.41, 5.74) is 0.875. The molecule has 34 heavy (non-hydrogen) atoms. The minimum absolute atomic E-state index is 0.0108. The topological polar surface area (TPSA) is 87.3 Å². The Hall–Kier alpha value is -2.75. The lowest BCUT2D eigenvalue weighted by atomic mass is 10.1. The van der Waals surface area contributed by atoms with Gasteiger partial charge in [-0.1, -0.05) is 31.5 Å². The molecular formula is C24H23ClN4O3S2. The number of hydrogen-bond donors (Lipinski definition) is 1. The number of halogens is 1. The van der Waals surface area contributed by atoms with Gasteiger partial charge >= 0.3 is 0 Å². The third-order valence-corrected chi connectivity index (χ3v) is 7.32. The van der Waals surface area contributed by atoms with Crippen LogP contribution in [0.5, 0.6) is 11.5 Å². The highest BCUT2D eigenvalue weighted by Crippen LogP contribution is 2.33. The van der Waals surface area contributed by atoms with Crippen LogP contribution >= 0.6 is 35.1 Å². The van der Waals surface area contributed by atoms with E-state index in [0.29, 0.717) is 33.9 Å². The summed E-state index contributed by atoms with van der Waals surface area (Å²) in [6, 6.07) is 13.1. The Balaban J connectivity index is 1.44. The Morgan fingerprint density at radius 3 is 2.68 bits per heavy atom. The number of fused-ring (bicyclic) bond motifs is 1. The molecule has 0 aliphatic carbocycles. The molecule has 2 aromatic rings. The van der Waals surface area contributed by atoms with E-state index in [-0.39, 0.29) is 17.3 Å². The average Bonchev–Trinajstić information content (AvgIpc) is 3.25. The monoisotopic (exact) mass is 514 g/mol. The van der Waals surface area contributed by atoms with Crippen LogP contribution in [-0.4, -0.2) is 46.4 Å². The molecule has 176 valence electrons. The van der Waals surface area contributed by atoms with Crippen molar-refractivity contribution in [2.45, 2.75) is 18.7 Å². The van der Waals surface area contributed by atoms with E-state index in [1.54, 1.807) is 37.1 Å². The summed E-state index contributed by atoms with van der Waals surface area (Å²) in [7, 11) is 1.57. The van der Waals surface area contributed by atoms with Gasteiger partial charge in [-0.3, -0.25) is 10.2 Å². The van der Waals surface area contributed by atoms with Gasteiger partial charge in [0, 0.05) is 21.6 Å². The molecule has 2 aromatic carbocycles. The summed E-state index contributed by atoms with van der Waals surface area (Å²) in [4.78, 5) is 17.8. The number of nitrogens with zero attached hydrogens (tertiary/aromatic N) is 3. The molecule has 0 atom stereocenters. The Labute approximate surface area is 211 Å². The first-order valence-corrected chi connectivity index (χ1v) is 12.7. The van der Waals surface area contributed by atoms with E-state index in [1.165, 1.54) is 16.8 Å². The van der Waals surface area contributed by atoms with Crippen LogP contribution < -0.4 is 9.47 Å². The Morgan fingerprint density at radius 2 is 1.97 bits per heavy atom. The molecule has 2 heterocycles. The summed E-state index contributed by atoms with van der Waals surface area (Å²) in [6.45, 7) is 4.52. The van der Waals surface area contributed by atoms with Gasteiger partial charge in [0.2, 0.25) is 5.17 Å². The zero-order chi connectivity index (χ0) is 24.2. The fraction of sp³-hybridized carbons (Fsp3) is 0.250. The van der Waals surface area contributed by atoms with Gasteiger partial charge < -0.3 is 9.47 Å². The number of carbonyl (C=O) groups excluding carboxylic acids is 1. The van der Waals surface area contributed by atoms with Crippen molar-refractivity contribution in [2.75, 3.05) is 19.5 Å². The molecule has 7 nitrogen and oxygen atoms in total. The van der Waals surface area contributed by atoms with Crippen LogP contribution in [0.15, 0.2) is 63.0 Å². The summed E-state index contributed by atoms with van der Waals surface area (Å²) in [5.74, 6) is 1.65. The minimum Gasteiger partial charge on any atom is -0.493 e. The number of methoxy groups -OCH3 is 1. The van der Waals surface area contributed by atoms with Crippen molar-refractivity contribution >= 4 is 63.2 Å². The highest BCUT2D eigenvalue weighted by molar-refractivity contribution is 8.27. The van der Waals surface area contributed by atoms with Crippen molar-refractivity contribution in [3.8, 4) is 11.5 Å². The fourth-order valence-electron chi connectivity index (χ4n) is 3.14. The van der Waals surface area contributed by atoms with Crippen molar-refractivity contribution in [1.29, 1.82) is 5.41 Å². The molecule has 0 saturated heterocycles. The number of nitrogens with one attached hydrogen (secondary N) is 1. The zero-order valence-electron chi connectivity index (χ0n) is 18.9. The molecule has 0 radical (unpaired) electrons. The largest absolute Gasteiger partial charge is 0.493 e. The van der Waals surface area contributed by atoms with Crippen LogP contribution in [0.2, 0.25) is 5.02 Å². The van der Waals surface area contributed by atoms with Gasteiger partial charge in [-0.25, -0.2) is 0 Å². The van der Waals surface area contributed by atoms with E-state index < -0.39 is 5.91 Å². The number of aliphatic imine (C=N–C) groups is 1. The highest BCUT2D eigenvalue weighted by Gasteiger charge is 2.36. The molecule has 0 spiro atoms. The maximum absolute atomic E-state index is 12.6. The predicted molar refractivity (Wildman–Crippen MR) is 141 cm³/mol. The smallest absolute Gasteiger partial charge is 0.283 e. The molecule has 1 N–H and O–H groups in total. The maximum Gasteiger partial charge on any atom is 0.283 e. The summed E-state index contributed by atoms with van der Waals surface area (Å²) < 4.78 is 11.4. The second-order valence-corrected chi connectivity index (χ2v) is 10.3. The summed E-state index contributed by atoms with van der Waals surface area (Å²) in [5, 5.41) is 16.3. The van der Waals surface area contributed by atoms with Crippen LogP contribution in [0.4, 0.5) is 0 Å². The zero-order valence-corrected chi connectivity index (χ0v) is 21.3. The second kappa shape index (κ2) is 10.7. The summed E-state index contributed by atoms with van der Waals surface area (Å²) >= 11 is 8.92. The number of hydrogen-bond acceptors (Lipinski definition) is 7. The van der Waals surface area contributed by atoms with Gasteiger partial charge in [0.1, 0.15) is 5.04 Å². The number of rotatable bonds is 8. The number of benzene rings is 2. The van der Waals surface area contributed by atoms with Crippen LogP contribution in [-0.2, 0) is 4.79 Å². The lowest BCUT2D eigenvalue weighted by Crippen LogP contribution is -2.35. The van der Waals surface area contributed by atoms with E-state index in [0.717, 1.165) is 15.7 Å². The molecule has 2 aliphatic heterocycles. The number of amidine groups is 2. The van der Waals surface area contributed by atoms with E-state index in [4.69, 9.17) is 26.5 Å². The number of thioether (sulfide) groups is 2. The van der Waals surface area contributed by atoms with E-state index in [2.05, 4.69) is 10.1 Å². The van der Waals surface area contributed by atoms with Gasteiger partial charge in [0.05, 0.1) is 19.3 Å². The molecule has 0 bridgehead atoms. The van der Waals surface area contributed by atoms with Crippen molar-refractivity contribution in [1.82, 2.24) is 5.01 Å². The number of hydrazone groups is 1. The number of carbonyl (C=O) groups is 1. The van der Waals surface area contributed by atoms with E-state index >= 15 is 0 Å². The lowest BCUT2D eigenvalue weighted by molar-refractivity contribution is -0.114. The first-order valence-electron chi connectivity index (χ1n) is 10.5. The van der Waals surface area contributed by atoms with Gasteiger partial charge in [-0.2, -0.15) is 15.1 Å². The van der Waals surface area contributed by atoms with E-state index in [1.807, 2.05) is 44.2 Å². The maximum atomic E-state index is 12.6. The molecular weight excluding hydrogens is 492 g/mol. The average molecular weight is 515 g/mol. The lowest BCUT2D eigenvalue weighted by Gasteiger charge is -2.20. The molecule has 0 aromatic heterocycles. The van der Waals surface area contributed by atoms with Gasteiger partial charge in [-0.05, 0) is 59.8 Å². The molecule has 2 aliphatic rings. The standard InChI is InChI=1S/C24H23ClN4O3S2/c1-14(2)23-28-29-21(26)18(22(30)27-24(29)34-23)12-15-4-9-19(20(13-15)31-3)32-10-11-33-17-7-5-16(25)6-8-17/h4-9,12-14,26H,10-11H2,1-3H3/b18-12-,26-21?. The molecule has 4 rings (SSSR count). The third-order valence-electron chi connectivity index (χ3n) is 4.89. The van der Waals surface area contributed by atoms with Gasteiger partial charge in [-0.15, -0.1) is 11.8 Å². The van der Waals surface area contributed by atoms with Crippen LogP contribution in [0.25, 0.3) is 6.08 Å². The van der Waals surface area contributed by atoms with Crippen molar-refractivity contribution in [3.63, 3.8) is 0 Å². The second-order valence-electron chi connectivity index (χ2n) is 7.67. The molecule has 1 amide bonds. The Morgan fingerprint density at radius 1 is 1.21 bits per heavy atom. The first kappa shape index (κ1) is 24.4. The normalized spacial score (nSPS) is 16.6. The van der Waals surface area contributed by atoms with Gasteiger partial charge in [0.25, 0.3) is 5.91 Å².